The average molecular weight is 299 g/mol. The SMILES string of the molecule is CC1CC(C(=O)O)CN(C(=O)NCCC(=O)NC(C)C)C1. The van der Waals surface area contributed by atoms with Gasteiger partial charge in [0.25, 0.3) is 0 Å². The van der Waals surface area contributed by atoms with E-state index in [0.29, 0.717) is 13.0 Å². The largest absolute Gasteiger partial charge is 0.481 e. The van der Waals surface area contributed by atoms with Crippen LogP contribution in [-0.4, -0.2) is 53.6 Å². The minimum absolute atomic E-state index is 0.0764. The first-order valence-electron chi connectivity index (χ1n) is 7.34. The van der Waals surface area contributed by atoms with Gasteiger partial charge in [-0.25, -0.2) is 4.79 Å². The molecule has 0 saturated carbocycles. The highest BCUT2D eigenvalue weighted by Crippen LogP contribution is 2.21. The number of carboxylic acid groups (broad SMARTS) is 1. The fourth-order valence-corrected chi connectivity index (χ4v) is 2.49. The van der Waals surface area contributed by atoms with Gasteiger partial charge in [-0.15, -0.1) is 0 Å². The lowest BCUT2D eigenvalue weighted by Crippen LogP contribution is -2.50. The topological polar surface area (TPSA) is 98.7 Å². The van der Waals surface area contributed by atoms with Crippen molar-refractivity contribution in [2.45, 2.75) is 39.7 Å². The zero-order chi connectivity index (χ0) is 16.0. The van der Waals surface area contributed by atoms with Gasteiger partial charge < -0.3 is 20.6 Å². The molecule has 0 aliphatic carbocycles. The molecule has 1 aliphatic heterocycles. The summed E-state index contributed by atoms with van der Waals surface area (Å²) < 4.78 is 0. The Labute approximate surface area is 125 Å². The maximum absolute atomic E-state index is 12.0. The monoisotopic (exact) mass is 299 g/mol. The van der Waals surface area contributed by atoms with Crippen molar-refractivity contribution >= 4 is 17.9 Å². The van der Waals surface area contributed by atoms with Crippen LogP contribution >= 0.6 is 0 Å². The number of carboxylic acids is 1. The van der Waals surface area contributed by atoms with Gasteiger partial charge >= 0.3 is 12.0 Å². The van der Waals surface area contributed by atoms with Gasteiger partial charge in [0, 0.05) is 32.1 Å². The first-order valence-corrected chi connectivity index (χ1v) is 7.34. The van der Waals surface area contributed by atoms with Crippen molar-refractivity contribution in [3.05, 3.63) is 0 Å². The normalized spacial score (nSPS) is 22.0. The molecule has 0 aromatic heterocycles. The number of nitrogens with zero attached hydrogens (tertiary/aromatic N) is 1. The quantitative estimate of drug-likeness (QED) is 0.694. The standard InChI is InChI=1S/C14H25N3O4/c1-9(2)16-12(18)4-5-15-14(21)17-7-10(3)6-11(8-17)13(19)20/h9-11H,4-8H2,1-3H3,(H,15,21)(H,16,18)(H,19,20). The van der Waals surface area contributed by atoms with E-state index in [2.05, 4.69) is 10.6 Å². The van der Waals surface area contributed by atoms with Crippen molar-refractivity contribution in [1.29, 1.82) is 0 Å². The zero-order valence-electron chi connectivity index (χ0n) is 12.9. The molecule has 1 saturated heterocycles. The van der Waals surface area contributed by atoms with E-state index in [0.717, 1.165) is 0 Å². The van der Waals surface area contributed by atoms with Gasteiger partial charge in [-0.2, -0.15) is 0 Å². The molecule has 21 heavy (non-hydrogen) atoms. The van der Waals surface area contributed by atoms with E-state index >= 15 is 0 Å². The third-order valence-corrected chi connectivity index (χ3v) is 3.37. The summed E-state index contributed by atoms with van der Waals surface area (Å²) in [5.41, 5.74) is 0. The molecule has 7 nitrogen and oxygen atoms in total. The Morgan fingerprint density at radius 2 is 1.95 bits per heavy atom. The molecule has 1 fully saturated rings. The maximum atomic E-state index is 12.0. The van der Waals surface area contributed by atoms with Crippen LogP contribution < -0.4 is 10.6 Å². The van der Waals surface area contributed by atoms with Gasteiger partial charge in [-0.3, -0.25) is 9.59 Å². The van der Waals surface area contributed by atoms with Gasteiger partial charge in [0.15, 0.2) is 0 Å². The second-order valence-corrected chi connectivity index (χ2v) is 5.99. The number of carbonyl (C=O) groups excluding carboxylic acids is 2. The molecule has 0 bridgehead atoms. The molecular formula is C14H25N3O4. The lowest BCUT2D eigenvalue weighted by Gasteiger charge is -2.34. The van der Waals surface area contributed by atoms with E-state index in [-0.39, 0.29) is 43.4 Å². The van der Waals surface area contributed by atoms with Gasteiger partial charge in [0.05, 0.1) is 5.92 Å². The minimum atomic E-state index is -0.865. The number of amides is 3. The zero-order valence-corrected chi connectivity index (χ0v) is 12.9. The third-order valence-electron chi connectivity index (χ3n) is 3.37. The van der Waals surface area contributed by atoms with Crippen molar-refractivity contribution in [2.75, 3.05) is 19.6 Å². The number of likely N-dealkylation sites (tertiary alicyclic amines) is 1. The summed E-state index contributed by atoms with van der Waals surface area (Å²) in [7, 11) is 0. The highest BCUT2D eigenvalue weighted by Gasteiger charge is 2.31. The molecule has 0 spiro atoms. The molecule has 3 amide bonds. The van der Waals surface area contributed by atoms with Crippen LogP contribution in [0.4, 0.5) is 4.79 Å². The number of carbonyl (C=O) groups is 3. The van der Waals surface area contributed by atoms with Crippen LogP contribution in [0.1, 0.15) is 33.6 Å². The Balaban J connectivity index is 2.37. The van der Waals surface area contributed by atoms with Crippen molar-refractivity contribution in [3.63, 3.8) is 0 Å². The van der Waals surface area contributed by atoms with Gasteiger partial charge in [-0.1, -0.05) is 6.92 Å². The van der Waals surface area contributed by atoms with E-state index in [9.17, 15) is 14.4 Å². The van der Waals surface area contributed by atoms with Gasteiger partial charge in [-0.05, 0) is 26.2 Å². The second-order valence-electron chi connectivity index (χ2n) is 5.99. The number of hydrogen-bond donors (Lipinski definition) is 3. The van der Waals surface area contributed by atoms with E-state index < -0.39 is 11.9 Å². The molecule has 2 unspecified atom stereocenters. The van der Waals surface area contributed by atoms with Crippen molar-refractivity contribution in [3.8, 4) is 0 Å². The Morgan fingerprint density at radius 3 is 2.52 bits per heavy atom. The smallest absolute Gasteiger partial charge is 0.317 e. The molecule has 120 valence electrons. The summed E-state index contributed by atoms with van der Waals surface area (Å²) in [5, 5.41) is 14.5. The Kier molecular flexibility index (Phi) is 6.45. The van der Waals surface area contributed by atoms with E-state index in [1.165, 1.54) is 4.90 Å². The van der Waals surface area contributed by atoms with Crippen LogP contribution in [0, 0.1) is 11.8 Å². The van der Waals surface area contributed by atoms with Crippen LogP contribution in [-0.2, 0) is 9.59 Å². The first kappa shape index (κ1) is 17.3. The van der Waals surface area contributed by atoms with Crippen LogP contribution in [0.5, 0.6) is 0 Å². The summed E-state index contributed by atoms with van der Waals surface area (Å²) in [6.45, 7) is 6.71. The van der Waals surface area contributed by atoms with E-state index in [1.54, 1.807) is 0 Å². The van der Waals surface area contributed by atoms with E-state index in [4.69, 9.17) is 5.11 Å². The van der Waals surface area contributed by atoms with E-state index in [1.807, 2.05) is 20.8 Å². The lowest BCUT2D eigenvalue weighted by molar-refractivity contribution is -0.143. The third kappa shape index (κ3) is 6.01. The Bertz CT molecular complexity index is 398. The average Bonchev–Trinajstić information content (AvgIpc) is 2.36. The summed E-state index contributed by atoms with van der Waals surface area (Å²) in [4.78, 5) is 36.0. The molecule has 0 aromatic carbocycles. The predicted octanol–water partition coefficient (Wildman–Crippen LogP) is 0.653. The summed E-state index contributed by atoms with van der Waals surface area (Å²) in [6.07, 6.45) is 0.811. The molecule has 3 N–H and O–H groups in total. The molecular weight excluding hydrogens is 274 g/mol. The molecule has 1 rings (SSSR count). The van der Waals surface area contributed by atoms with Crippen molar-refractivity contribution < 1.29 is 19.5 Å². The number of hydrogen-bond acceptors (Lipinski definition) is 3. The molecule has 1 heterocycles. The summed E-state index contributed by atoms with van der Waals surface area (Å²) in [5.74, 6) is -1.32. The highest BCUT2D eigenvalue weighted by molar-refractivity contribution is 5.79. The van der Waals surface area contributed by atoms with Crippen molar-refractivity contribution in [2.24, 2.45) is 11.8 Å². The van der Waals surface area contributed by atoms with Crippen LogP contribution in [0.15, 0.2) is 0 Å². The van der Waals surface area contributed by atoms with Crippen LogP contribution in [0.2, 0.25) is 0 Å². The summed E-state index contributed by atoms with van der Waals surface area (Å²) >= 11 is 0. The Hall–Kier alpha value is -1.79. The number of piperidine rings is 1. The number of aliphatic carboxylic acids is 1. The Morgan fingerprint density at radius 1 is 1.29 bits per heavy atom. The van der Waals surface area contributed by atoms with Gasteiger partial charge in [0.2, 0.25) is 5.91 Å². The maximum Gasteiger partial charge on any atom is 0.317 e. The molecule has 1 aliphatic rings. The highest BCUT2D eigenvalue weighted by atomic mass is 16.4. The minimum Gasteiger partial charge on any atom is -0.481 e. The first-order chi connectivity index (χ1) is 9.79. The molecule has 0 aromatic rings. The molecule has 0 radical (unpaired) electrons. The number of nitrogens with one attached hydrogen (secondary N) is 2. The van der Waals surface area contributed by atoms with Crippen LogP contribution in [0.3, 0.4) is 0 Å². The number of rotatable bonds is 5. The van der Waals surface area contributed by atoms with Gasteiger partial charge in [0.1, 0.15) is 0 Å². The lowest BCUT2D eigenvalue weighted by atomic mass is 9.91. The fraction of sp³-hybridized carbons (Fsp3) is 0.786. The predicted molar refractivity (Wildman–Crippen MR) is 77.8 cm³/mol. The summed E-state index contributed by atoms with van der Waals surface area (Å²) in [6, 6.07) is -0.224. The van der Waals surface area contributed by atoms with Crippen molar-refractivity contribution in [1.82, 2.24) is 15.5 Å². The molecule has 2 atom stereocenters. The number of urea groups is 1. The molecule has 7 heteroatoms. The van der Waals surface area contributed by atoms with Crippen LogP contribution in [0.25, 0.3) is 0 Å². The fourth-order valence-electron chi connectivity index (χ4n) is 2.49. The second kappa shape index (κ2) is 7.85.